The van der Waals surface area contributed by atoms with Crippen molar-refractivity contribution in [3.63, 3.8) is 0 Å². The van der Waals surface area contributed by atoms with E-state index in [9.17, 15) is 13.2 Å². The molecule has 0 fully saturated rings. The summed E-state index contributed by atoms with van der Waals surface area (Å²) >= 11 is 3.33. The fourth-order valence-electron chi connectivity index (χ4n) is 1.71. The Morgan fingerprint density at radius 2 is 1.76 bits per heavy atom. The predicted molar refractivity (Wildman–Crippen MR) is 83.1 cm³/mol. The molecule has 0 aromatic heterocycles. The molecule has 5 nitrogen and oxygen atoms in total. The molecule has 0 radical (unpaired) electrons. The lowest BCUT2D eigenvalue weighted by Gasteiger charge is -2.11. The number of hydrogen-bond acceptors (Lipinski definition) is 3. The van der Waals surface area contributed by atoms with Crippen LogP contribution in [0, 0.1) is 6.92 Å². The van der Waals surface area contributed by atoms with E-state index in [1.54, 1.807) is 12.1 Å². The highest BCUT2D eigenvalue weighted by Gasteiger charge is 2.16. The van der Waals surface area contributed by atoms with Crippen molar-refractivity contribution in [1.82, 2.24) is 0 Å². The zero-order valence-corrected chi connectivity index (χ0v) is 13.4. The molecule has 2 N–H and O–H groups in total. The largest absolute Gasteiger partial charge is 0.478 e. The van der Waals surface area contributed by atoms with Crippen LogP contribution in [0.25, 0.3) is 0 Å². The molecule has 0 amide bonds. The van der Waals surface area contributed by atoms with Crippen LogP contribution in [0.5, 0.6) is 0 Å². The van der Waals surface area contributed by atoms with E-state index in [-0.39, 0.29) is 10.5 Å². The third-order valence-corrected chi connectivity index (χ3v) is 5.28. The maximum atomic E-state index is 12.3. The summed E-state index contributed by atoms with van der Waals surface area (Å²) in [4.78, 5) is 10.8. The Balaban J connectivity index is 2.34. The monoisotopic (exact) mass is 369 g/mol. The molecule has 110 valence electrons. The minimum atomic E-state index is -3.77. The molecular weight excluding hydrogens is 358 g/mol. The summed E-state index contributed by atoms with van der Waals surface area (Å²) in [6, 6.07) is 10.3. The lowest BCUT2D eigenvalue weighted by Crippen LogP contribution is -2.13. The summed E-state index contributed by atoms with van der Waals surface area (Å²) in [7, 11) is -3.77. The van der Waals surface area contributed by atoms with Gasteiger partial charge in [-0.2, -0.15) is 0 Å². The quantitative estimate of drug-likeness (QED) is 0.866. The van der Waals surface area contributed by atoms with Gasteiger partial charge in [-0.25, -0.2) is 13.2 Å². The average molecular weight is 370 g/mol. The van der Waals surface area contributed by atoms with E-state index in [2.05, 4.69) is 20.7 Å². The summed E-state index contributed by atoms with van der Waals surface area (Å²) in [6.45, 7) is 1.85. The van der Waals surface area contributed by atoms with Gasteiger partial charge in [0.25, 0.3) is 10.0 Å². The minimum absolute atomic E-state index is 0.000839. The van der Waals surface area contributed by atoms with E-state index < -0.39 is 16.0 Å². The van der Waals surface area contributed by atoms with Crippen LogP contribution in [-0.2, 0) is 10.0 Å². The van der Waals surface area contributed by atoms with Gasteiger partial charge in [0.2, 0.25) is 0 Å². The maximum absolute atomic E-state index is 12.3. The first-order valence-corrected chi connectivity index (χ1v) is 8.20. The second-order valence-electron chi connectivity index (χ2n) is 4.37. The highest BCUT2D eigenvalue weighted by atomic mass is 79.9. The Kier molecular flexibility index (Phi) is 4.34. The molecule has 2 rings (SSSR count). The third kappa shape index (κ3) is 3.43. The van der Waals surface area contributed by atoms with Crippen LogP contribution in [0.1, 0.15) is 15.9 Å². The SMILES string of the molecule is Cc1cccc(NS(=O)(=O)c2ccc(C(=O)O)cc2)c1Br. The van der Waals surface area contributed by atoms with Crippen molar-refractivity contribution in [2.45, 2.75) is 11.8 Å². The van der Waals surface area contributed by atoms with E-state index in [0.717, 1.165) is 5.56 Å². The number of benzene rings is 2. The predicted octanol–water partition coefficient (Wildman–Crippen LogP) is 3.26. The highest BCUT2D eigenvalue weighted by Crippen LogP contribution is 2.28. The average Bonchev–Trinajstić information content (AvgIpc) is 2.44. The van der Waals surface area contributed by atoms with Gasteiger partial charge >= 0.3 is 5.97 Å². The van der Waals surface area contributed by atoms with Crippen LogP contribution >= 0.6 is 15.9 Å². The Hall–Kier alpha value is -1.86. The molecule has 0 aliphatic rings. The van der Waals surface area contributed by atoms with E-state index in [4.69, 9.17) is 5.11 Å². The van der Waals surface area contributed by atoms with Crippen LogP contribution in [-0.4, -0.2) is 19.5 Å². The van der Waals surface area contributed by atoms with E-state index in [1.165, 1.54) is 24.3 Å². The number of aryl methyl sites for hydroxylation is 1. The van der Waals surface area contributed by atoms with Crippen molar-refractivity contribution >= 4 is 37.6 Å². The Morgan fingerprint density at radius 3 is 2.33 bits per heavy atom. The number of carbonyl (C=O) groups is 1. The standard InChI is InChI=1S/C14H12BrNO4S/c1-9-3-2-4-12(13(9)15)16-21(19,20)11-7-5-10(6-8-11)14(17)18/h2-8,16H,1H3,(H,17,18). The normalized spacial score (nSPS) is 11.1. The lowest BCUT2D eigenvalue weighted by atomic mass is 10.2. The van der Waals surface area contributed by atoms with Gasteiger partial charge in [-0.05, 0) is 58.7 Å². The highest BCUT2D eigenvalue weighted by molar-refractivity contribution is 9.10. The molecule has 0 unspecified atom stereocenters. The Morgan fingerprint density at radius 1 is 1.14 bits per heavy atom. The molecule has 0 bridgehead atoms. The van der Waals surface area contributed by atoms with E-state index in [1.807, 2.05) is 13.0 Å². The molecule has 21 heavy (non-hydrogen) atoms. The van der Waals surface area contributed by atoms with Gasteiger partial charge in [0.05, 0.1) is 16.1 Å². The molecule has 2 aromatic carbocycles. The smallest absolute Gasteiger partial charge is 0.335 e. The fourth-order valence-corrected chi connectivity index (χ4v) is 3.27. The number of halogens is 1. The zero-order chi connectivity index (χ0) is 15.6. The summed E-state index contributed by atoms with van der Waals surface area (Å²) in [5.74, 6) is -1.10. The first-order valence-electron chi connectivity index (χ1n) is 5.92. The van der Waals surface area contributed by atoms with Crippen molar-refractivity contribution < 1.29 is 18.3 Å². The Bertz CT molecular complexity index is 785. The fraction of sp³-hybridized carbons (Fsp3) is 0.0714. The van der Waals surface area contributed by atoms with Gasteiger partial charge in [-0.3, -0.25) is 4.72 Å². The second-order valence-corrected chi connectivity index (χ2v) is 6.85. The Labute approximate surface area is 130 Å². The van der Waals surface area contributed by atoms with Gasteiger partial charge < -0.3 is 5.11 Å². The molecule has 0 saturated carbocycles. The first-order chi connectivity index (χ1) is 9.81. The molecular formula is C14H12BrNO4S. The summed E-state index contributed by atoms with van der Waals surface area (Å²) in [5, 5.41) is 8.81. The molecule has 2 aromatic rings. The van der Waals surface area contributed by atoms with Gasteiger partial charge in [-0.1, -0.05) is 12.1 Å². The molecule has 0 heterocycles. The number of carboxylic acids is 1. The second kappa shape index (κ2) is 5.87. The molecule has 7 heteroatoms. The lowest BCUT2D eigenvalue weighted by molar-refractivity contribution is 0.0697. The molecule has 0 aliphatic heterocycles. The van der Waals surface area contributed by atoms with Crippen molar-refractivity contribution in [1.29, 1.82) is 0 Å². The van der Waals surface area contributed by atoms with Gasteiger partial charge in [0.15, 0.2) is 0 Å². The zero-order valence-electron chi connectivity index (χ0n) is 11.0. The molecule has 0 atom stereocenters. The van der Waals surface area contributed by atoms with Gasteiger partial charge in [0.1, 0.15) is 0 Å². The molecule has 0 spiro atoms. The number of carboxylic acid groups (broad SMARTS) is 1. The summed E-state index contributed by atoms with van der Waals surface area (Å²) < 4.78 is 27.7. The van der Waals surface area contributed by atoms with Gasteiger partial charge in [0, 0.05) is 4.47 Å². The van der Waals surface area contributed by atoms with E-state index >= 15 is 0 Å². The number of anilines is 1. The van der Waals surface area contributed by atoms with Crippen molar-refractivity contribution in [2.24, 2.45) is 0 Å². The van der Waals surface area contributed by atoms with Crippen molar-refractivity contribution in [3.8, 4) is 0 Å². The summed E-state index contributed by atoms with van der Waals surface area (Å²) in [6.07, 6.45) is 0. The van der Waals surface area contributed by atoms with Crippen LogP contribution < -0.4 is 4.72 Å². The molecule has 0 saturated heterocycles. The number of aromatic carboxylic acids is 1. The number of sulfonamides is 1. The molecule has 0 aliphatic carbocycles. The van der Waals surface area contributed by atoms with Crippen LogP contribution in [0.4, 0.5) is 5.69 Å². The summed E-state index contributed by atoms with van der Waals surface area (Å²) in [5.41, 5.74) is 1.36. The minimum Gasteiger partial charge on any atom is -0.478 e. The topological polar surface area (TPSA) is 83.5 Å². The maximum Gasteiger partial charge on any atom is 0.335 e. The first kappa shape index (κ1) is 15.5. The van der Waals surface area contributed by atoms with Crippen LogP contribution in [0.3, 0.4) is 0 Å². The third-order valence-electron chi connectivity index (χ3n) is 2.85. The van der Waals surface area contributed by atoms with Crippen LogP contribution in [0.2, 0.25) is 0 Å². The number of rotatable bonds is 4. The van der Waals surface area contributed by atoms with Crippen molar-refractivity contribution in [2.75, 3.05) is 4.72 Å². The van der Waals surface area contributed by atoms with Gasteiger partial charge in [-0.15, -0.1) is 0 Å². The number of nitrogens with one attached hydrogen (secondary N) is 1. The van der Waals surface area contributed by atoms with Crippen LogP contribution in [0.15, 0.2) is 51.8 Å². The number of hydrogen-bond donors (Lipinski definition) is 2. The van der Waals surface area contributed by atoms with E-state index in [0.29, 0.717) is 10.2 Å². The van der Waals surface area contributed by atoms with Crippen molar-refractivity contribution in [3.05, 3.63) is 58.1 Å².